The van der Waals surface area contributed by atoms with E-state index in [4.69, 9.17) is 4.74 Å². The van der Waals surface area contributed by atoms with Gasteiger partial charge in [-0.1, -0.05) is 13.8 Å². The Morgan fingerprint density at radius 1 is 1.20 bits per heavy atom. The van der Waals surface area contributed by atoms with Crippen LogP contribution < -0.4 is 10.4 Å². The van der Waals surface area contributed by atoms with E-state index in [0.29, 0.717) is 83.9 Å². The van der Waals surface area contributed by atoms with Gasteiger partial charge in [-0.2, -0.15) is 4.31 Å². The quantitative estimate of drug-likeness (QED) is 0.302. The summed E-state index contributed by atoms with van der Waals surface area (Å²) in [6.45, 7) is 6.81. The summed E-state index contributed by atoms with van der Waals surface area (Å²) < 4.78 is 39.0. The van der Waals surface area contributed by atoms with Gasteiger partial charge in [0.1, 0.15) is 17.6 Å². The van der Waals surface area contributed by atoms with E-state index >= 15 is 0 Å². The standard InChI is InChI=1S/C26H32BrN7O5S/c1-3-7-33-24-21(27)22(29-23(24)25-30-28-15-34(25)26(33)36)19-12-18(5-6-20(19)39-10-4-2)40(37,38)32-9-8-31-14-17(35)11-16(31)13-32/h5-6,12,15-17,29,35H,3-4,7-11,13-14H2,1-2H3/t16-,17+/m0/s1. The van der Waals surface area contributed by atoms with Crippen molar-refractivity contribution in [3.05, 3.63) is 39.5 Å². The second-order valence-electron chi connectivity index (χ2n) is 10.4. The van der Waals surface area contributed by atoms with Gasteiger partial charge in [0.05, 0.1) is 33.3 Å². The van der Waals surface area contributed by atoms with E-state index < -0.39 is 16.1 Å². The molecule has 5 heterocycles. The molecule has 214 valence electrons. The molecule has 4 aromatic rings. The Balaban J connectivity index is 1.49. The van der Waals surface area contributed by atoms with Gasteiger partial charge in [-0.05, 0) is 53.4 Å². The molecule has 0 aliphatic carbocycles. The molecule has 6 rings (SSSR count). The van der Waals surface area contributed by atoms with Crippen molar-refractivity contribution in [2.45, 2.75) is 56.7 Å². The van der Waals surface area contributed by atoms with Crippen LogP contribution in [0.4, 0.5) is 0 Å². The van der Waals surface area contributed by atoms with Gasteiger partial charge in [0.2, 0.25) is 10.0 Å². The van der Waals surface area contributed by atoms with Gasteiger partial charge in [-0.15, -0.1) is 10.2 Å². The Bertz CT molecular complexity index is 1750. The fourth-order valence-corrected chi connectivity index (χ4v) is 8.05. The molecule has 0 saturated carbocycles. The van der Waals surface area contributed by atoms with Gasteiger partial charge in [-0.3, -0.25) is 9.47 Å². The number of aliphatic hydroxyl groups excluding tert-OH is 1. The van der Waals surface area contributed by atoms with Crippen LogP contribution >= 0.6 is 15.9 Å². The van der Waals surface area contributed by atoms with Gasteiger partial charge in [0, 0.05) is 44.3 Å². The van der Waals surface area contributed by atoms with Crippen LogP contribution in [0.25, 0.3) is 27.9 Å². The Morgan fingerprint density at radius 2 is 2.02 bits per heavy atom. The smallest absolute Gasteiger partial charge is 0.335 e. The third-order valence-electron chi connectivity index (χ3n) is 7.72. The number of nitrogens with zero attached hydrogens (tertiary/aromatic N) is 6. The molecule has 2 atom stereocenters. The zero-order valence-corrected chi connectivity index (χ0v) is 24.8. The number of ether oxygens (including phenoxy) is 1. The van der Waals surface area contributed by atoms with E-state index in [0.717, 1.165) is 12.8 Å². The van der Waals surface area contributed by atoms with Crippen LogP contribution in [0.15, 0.2) is 38.7 Å². The van der Waals surface area contributed by atoms with Crippen molar-refractivity contribution in [1.82, 2.24) is 33.4 Å². The van der Waals surface area contributed by atoms with Crippen molar-refractivity contribution >= 4 is 42.6 Å². The number of aromatic nitrogens is 5. The first kappa shape index (κ1) is 27.4. The number of benzene rings is 1. The Hall–Kier alpha value is -2.78. The van der Waals surface area contributed by atoms with Crippen LogP contribution in [0.2, 0.25) is 0 Å². The number of hydrogen-bond acceptors (Lipinski definition) is 8. The first-order valence-corrected chi connectivity index (χ1v) is 15.8. The van der Waals surface area contributed by atoms with Crippen LogP contribution in [-0.4, -0.2) is 91.8 Å². The summed E-state index contributed by atoms with van der Waals surface area (Å²) in [5, 5.41) is 18.2. The maximum atomic E-state index is 13.9. The van der Waals surface area contributed by atoms with E-state index in [1.54, 1.807) is 22.8 Å². The summed E-state index contributed by atoms with van der Waals surface area (Å²) in [5.74, 6) is 0.527. The SMILES string of the molecule is CCCOc1ccc(S(=O)(=O)N2CCN3C[C@H](O)C[C@H]3C2)cc1-c1[nH]c2c(c1Br)n(CCC)c(=O)n1cnnc21. The highest BCUT2D eigenvalue weighted by Gasteiger charge is 2.39. The number of sulfonamides is 1. The van der Waals surface area contributed by atoms with Gasteiger partial charge >= 0.3 is 5.69 Å². The summed E-state index contributed by atoms with van der Waals surface area (Å²) >= 11 is 3.71. The number of aryl methyl sites for hydroxylation is 1. The molecular weight excluding hydrogens is 602 g/mol. The number of piperazine rings is 1. The van der Waals surface area contributed by atoms with E-state index in [-0.39, 0.29) is 16.6 Å². The van der Waals surface area contributed by atoms with Crippen LogP contribution in [0.3, 0.4) is 0 Å². The monoisotopic (exact) mass is 633 g/mol. The number of aliphatic hydroxyl groups is 1. The first-order chi connectivity index (χ1) is 19.2. The number of aromatic amines is 1. The van der Waals surface area contributed by atoms with Crippen molar-refractivity contribution in [3.8, 4) is 17.0 Å². The summed E-state index contributed by atoms with van der Waals surface area (Å²) in [7, 11) is -3.82. The molecule has 2 aliphatic rings. The Morgan fingerprint density at radius 3 is 2.80 bits per heavy atom. The fraction of sp³-hybridized carbons (Fsp3) is 0.500. The van der Waals surface area contributed by atoms with E-state index in [9.17, 15) is 18.3 Å². The first-order valence-electron chi connectivity index (χ1n) is 13.6. The van der Waals surface area contributed by atoms with Crippen molar-refractivity contribution in [2.24, 2.45) is 0 Å². The molecule has 40 heavy (non-hydrogen) atoms. The number of rotatable bonds is 8. The highest BCUT2D eigenvalue weighted by molar-refractivity contribution is 9.10. The normalized spacial score (nSPS) is 20.5. The van der Waals surface area contributed by atoms with Crippen molar-refractivity contribution in [1.29, 1.82) is 0 Å². The third kappa shape index (κ3) is 4.45. The molecule has 0 spiro atoms. The molecule has 2 fully saturated rings. The lowest BCUT2D eigenvalue weighted by atomic mass is 10.1. The van der Waals surface area contributed by atoms with Crippen LogP contribution in [-0.2, 0) is 16.6 Å². The van der Waals surface area contributed by atoms with Gasteiger partial charge in [0.15, 0.2) is 5.65 Å². The third-order valence-corrected chi connectivity index (χ3v) is 10.3. The van der Waals surface area contributed by atoms with Crippen LogP contribution in [0.5, 0.6) is 5.75 Å². The summed E-state index contributed by atoms with van der Waals surface area (Å²) in [6, 6.07) is 4.92. The van der Waals surface area contributed by atoms with Crippen molar-refractivity contribution in [2.75, 3.05) is 32.8 Å². The molecule has 0 amide bonds. The predicted octanol–water partition coefficient (Wildman–Crippen LogP) is 2.44. The molecule has 14 heteroatoms. The van der Waals surface area contributed by atoms with Gasteiger partial charge in [-0.25, -0.2) is 17.6 Å². The highest BCUT2D eigenvalue weighted by Crippen LogP contribution is 2.41. The lowest BCUT2D eigenvalue weighted by molar-refractivity contribution is 0.147. The molecule has 1 aromatic carbocycles. The second kappa shape index (κ2) is 10.6. The molecule has 0 radical (unpaired) electrons. The molecule has 12 nitrogen and oxygen atoms in total. The lowest BCUT2D eigenvalue weighted by Gasteiger charge is -2.36. The largest absolute Gasteiger partial charge is 0.493 e. The van der Waals surface area contributed by atoms with E-state index in [1.165, 1.54) is 15.0 Å². The summed E-state index contributed by atoms with van der Waals surface area (Å²) in [5.41, 5.74) is 2.51. The number of nitrogens with one attached hydrogen (secondary N) is 1. The van der Waals surface area contributed by atoms with Gasteiger partial charge in [0.25, 0.3) is 0 Å². The minimum absolute atomic E-state index is 0.00821. The fourth-order valence-electron chi connectivity index (χ4n) is 5.83. The van der Waals surface area contributed by atoms with Crippen LogP contribution in [0.1, 0.15) is 33.1 Å². The van der Waals surface area contributed by atoms with Crippen molar-refractivity contribution < 1.29 is 18.3 Å². The zero-order chi connectivity index (χ0) is 28.2. The molecule has 3 aromatic heterocycles. The molecule has 2 N–H and O–H groups in total. The summed E-state index contributed by atoms with van der Waals surface area (Å²) in [6.07, 6.45) is 3.06. The summed E-state index contributed by atoms with van der Waals surface area (Å²) in [4.78, 5) is 18.9. The Kier molecular flexibility index (Phi) is 7.23. The Labute approximate surface area is 239 Å². The minimum atomic E-state index is -3.82. The number of fused-ring (bicyclic) bond motifs is 4. The predicted molar refractivity (Wildman–Crippen MR) is 153 cm³/mol. The zero-order valence-electron chi connectivity index (χ0n) is 22.4. The van der Waals surface area contributed by atoms with Gasteiger partial charge < -0.3 is 14.8 Å². The molecule has 0 bridgehead atoms. The number of H-pyrrole nitrogens is 1. The second-order valence-corrected chi connectivity index (χ2v) is 13.1. The molecule has 2 aliphatic heterocycles. The van der Waals surface area contributed by atoms with Crippen molar-refractivity contribution in [3.63, 3.8) is 0 Å². The average Bonchev–Trinajstić information content (AvgIpc) is 3.66. The number of halogens is 1. The lowest BCUT2D eigenvalue weighted by Crippen LogP contribution is -2.51. The maximum absolute atomic E-state index is 13.9. The average molecular weight is 635 g/mol. The number of hydrogen-bond donors (Lipinski definition) is 2. The maximum Gasteiger partial charge on any atom is 0.335 e. The van der Waals surface area contributed by atoms with Crippen LogP contribution in [0, 0.1) is 0 Å². The molecule has 0 unspecified atom stereocenters. The van der Waals surface area contributed by atoms with E-state index in [1.807, 2.05) is 13.8 Å². The molecular formula is C26H32BrN7O5S. The molecule has 2 saturated heterocycles. The highest BCUT2D eigenvalue weighted by atomic mass is 79.9. The minimum Gasteiger partial charge on any atom is -0.493 e. The topological polar surface area (TPSA) is 138 Å². The van der Waals surface area contributed by atoms with E-state index in [2.05, 4.69) is 36.0 Å².